The van der Waals surface area contributed by atoms with Gasteiger partial charge in [-0.3, -0.25) is 0 Å². The average molecular weight is 423 g/mol. The molecule has 0 atom stereocenters. The maximum atomic E-state index is 12.1. The summed E-state index contributed by atoms with van der Waals surface area (Å²) in [6.45, 7) is 1.69. The van der Waals surface area contributed by atoms with Crippen LogP contribution in [0.25, 0.3) is 0 Å². The third-order valence-corrected chi connectivity index (χ3v) is 4.42. The normalized spacial score (nSPS) is 15.3. The molecule has 1 aromatic heterocycles. The molecule has 120 valence electrons. The molecule has 0 unspecified atom stereocenters. The number of anilines is 2. The Labute approximate surface area is 148 Å². The second-order valence-corrected chi connectivity index (χ2v) is 6.66. The predicted molar refractivity (Wildman–Crippen MR) is 98.6 cm³/mol. The first-order valence-electron chi connectivity index (χ1n) is 7.56. The van der Waals surface area contributed by atoms with E-state index in [1.807, 2.05) is 30.3 Å². The van der Waals surface area contributed by atoms with Gasteiger partial charge in [0, 0.05) is 40.8 Å². The van der Waals surface area contributed by atoms with Crippen LogP contribution in [0.3, 0.4) is 0 Å². The zero-order chi connectivity index (χ0) is 16.1. The lowest BCUT2D eigenvalue weighted by Gasteiger charge is -2.32. The van der Waals surface area contributed by atoms with Gasteiger partial charge in [-0.05, 0) is 59.7 Å². The van der Waals surface area contributed by atoms with E-state index in [0.717, 1.165) is 41.1 Å². The number of carbonyl (C=O) groups excluding carboxylic acids is 1. The minimum atomic E-state index is -0.151. The monoisotopic (exact) mass is 423 g/mol. The van der Waals surface area contributed by atoms with Crippen LogP contribution in [-0.2, 0) is 0 Å². The van der Waals surface area contributed by atoms with Gasteiger partial charge >= 0.3 is 6.03 Å². The highest BCUT2D eigenvalue weighted by Gasteiger charge is 2.22. The number of piperidine rings is 1. The highest BCUT2D eigenvalue weighted by atomic mass is 127. The van der Waals surface area contributed by atoms with Crippen LogP contribution in [0.2, 0.25) is 0 Å². The minimum Gasteiger partial charge on any atom is -0.341 e. The Morgan fingerprint density at radius 1 is 1.17 bits per heavy atom. The smallest absolute Gasteiger partial charge is 0.319 e. The lowest BCUT2D eigenvalue weighted by Crippen LogP contribution is -2.46. The van der Waals surface area contributed by atoms with Gasteiger partial charge in [0.15, 0.2) is 0 Å². The van der Waals surface area contributed by atoms with Crippen molar-refractivity contribution >= 4 is 40.3 Å². The van der Waals surface area contributed by atoms with Crippen molar-refractivity contribution in [2.45, 2.75) is 18.9 Å². The number of carbonyl (C=O) groups is 1. The fraction of sp³-hybridized carbons (Fsp3) is 0.312. The fourth-order valence-corrected chi connectivity index (χ4v) is 3.14. The zero-order valence-electron chi connectivity index (χ0n) is 12.6. The van der Waals surface area contributed by atoms with E-state index in [1.165, 1.54) is 0 Å². The third kappa shape index (κ3) is 4.54. The van der Waals surface area contributed by atoms with Gasteiger partial charge < -0.3 is 15.5 Å². The van der Waals surface area contributed by atoms with Crippen LogP contribution in [0.5, 0.6) is 0 Å². The Balaban J connectivity index is 1.48. The van der Waals surface area contributed by atoms with Gasteiger partial charge in [0.1, 0.15) is 0 Å². The first-order chi connectivity index (χ1) is 11.2. The summed E-state index contributed by atoms with van der Waals surface area (Å²) in [5.41, 5.74) is 0.810. The van der Waals surface area contributed by atoms with E-state index >= 15 is 0 Å². The van der Waals surface area contributed by atoms with Gasteiger partial charge in [-0.15, -0.1) is 0 Å². The molecule has 2 heterocycles. The third-order valence-electron chi connectivity index (χ3n) is 3.75. The fourth-order valence-electron chi connectivity index (χ4n) is 2.60. The van der Waals surface area contributed by atoms with E-state index in [1.54, 1.807) is 12.4 Å². The number of nitrogens with zero attached hydrogens (tertiary/aromatic N) is 3. The van der Waals surface area contributed by atoms with Crippen molar-refractivity contribution in [3.05, 3.63) is 46.3 Å². The molecule has 2 N–H and O–H groups in total. The number of hydrogen-bond donors (Lipinski definition) is 2. The van der Waals surface area contributed by atoms with Crippen molar-refractivity contribution in [2.24, 2.45) is 0 Å². The Morgan fingerprint density at radius 2 is 1.91 bits per heavy atom. The largest absolute Gasteiger partial charge is 0.341 e. The maximum Gasteiger partial charge on any atom is 0.319 e. The number of hydrogen-bond acceptors (Lipinski definition) is 4. The van der Waals surface area contributed by atoms with Gasteiger partial charge in [0.05, 0.1) is 0 Å². The first-order valence-corrected chi connectivity index (χ1v) is 8.63. The van der Waals surface area contributed by atoms with E-state index in [4.69, 9.17) is 0 Å². The van der Waals surface area contributed by atoms with Gasteiger partial charge in [-0.25, -0.2) is 14.8 Å². The molecule has 6 nitrogen and oxygen atoms in total. The van der Waals surface area contributed by atoms with E-state index in [9.17, 15) is 4.79 Å². The van der Waals surface area contributed by atoms with Crippen LogP contribution in [0.4, 0.5) is 16.4 Å². The molecule has 0 saturated carbocycles. The minimum absolute atomic E-state index is 0.151. The molecule has 2 aromatic rings. The number of amides is 2. The van der Waals surface area contributed by atoms with Crippen LogP contribution in [0, 0.1) is 3.57 Å². The molecular formula is C16H18IN5O. The number of rotatable bonds is 3. The van der Waals surface area contributed by atoms with Crippen molar-refractivity contribution in [2.75, 3.05) is 23.3 Å². The van der Waals surface area contributed by atoms with E-state index in [2.05, 4.69) is 48.1 Å². The van der Waals surface area contributed by atoms with Crippen LogP contribution in [0.1, 0.15) is 12.8 Å². The summed E-state index contributed by atoms with van der Waals surface area (Å²) in [5.74, 6) is 0.759. The summed E-state index contributed by atoms with van der Waals surface area (Å²) in [5, 5.41) is 5.92. The molecule has 0 spiro atoms. The lowest BCUT2D eigenvalue weighted by molar-refractivity contribution is 0.246. The molecule has 2 amide bonds. The van der Waals surface area contributed by atoms with Crippen molar-refractivity contribution in [1.82, 2.24) is 15.3 Å². The van der Waals surface area contributed by atoms with Gasteiger partial charge in [-0.1, -0.05) is 6.07 Å². The second-order valence-electron chi connectivity index (χ2n) is 5.42. The molecule has 23 heavy (non-hydrogen) atoms. The molecule has 0 bridgehead atoms. The molecule has 0 radical (unpaired) electrons. The summed E-state index contributed by atoms with van der Waals surface area (Å²) in [4.78, 5) is 22.8. The van der Waals surface area contributed by atoms with Gasteiger partial charge in [0.2, 0.25) is 5.95 Å². The van der Waals surface area contributed by atoms with Crippen LogP contribution < -0.4 is 15.5 Å². The standard InChI is InChI=1S/C16H18IN5O/c17-12-3-1-4-14(11-12)21-16(23)20-13-5-9-22(10-6-13)15-18-7-2-8-19-15/h1-4,7-8,11,13H,5-6,9-10H2,(H2,20,21,23). The number of benzene rings is 1. The highest BCUT2D eigenvalue weighted by molar-refractivity contribution is 14.1. The number of halogens is 1. The number of urea groups is 1. The summed E-state index contributed by atoms with van der Waals surface area (Å²) in [6.07, 6.45) is 5.28. The molecule has 7 heteroatoms. The van der Waals surface area contributed by atoms with Gasteiger partial charge in [0.25, 0.3) is 0 Å². The number of nitrogens with one attached hydrogen (secondary N) is 2. The molecule has 1 aromatic carbocycles. The average Bonchev–Trinajstić information content (AvgIpc) is 2.56. The summed E-state index contributed by atoms with van der Waals surface area (Å²) < 4.78 is 1.09. The first kappa shape index (κ1) is 16.0. The predicted octanol–water partition coefficient (Wildman–Crippen LogP) is 2.87. The SMILES string of the molecule is O=C(Nc1cccc(I)c1)NC1CCN(c2ncccn2)CC1. The van der Waals surface area contributed by atoms with E-state index < -0.39 is 0 Å². The Bertz CT molecular complexity index is 659. The molecular weight excluding hydrogens is 405 g/mol. The zero-order valence-corrected chi connectivity index (χ0v) is 14.7. The quantitative estimate of drug-likeness (QED) is 0.746. The van der Waals surface area contributed by atoms with Crippen LogP contribution in [0.15, 0.2) is 42.7 Å². The molecule has 1 fully saturated rings. The Hall–Kier alpha value is -1.90. The molecule has 3 rings (SSSR count). The topological polar surface area (TPSA) is 70.2 Å². The lowest BCUT2D eigenvalue weighted by atomic mass is 10.1. The van der Waals surface area contributed by atoms with Crippen LogP contribution in [-0.4, -0.2) is 35.1 Å². The van der Waals surface area contributed by atoms with Crippen molar-refractivity contribution < 1.29 is 4.79 Å². The number of aromatic nitrogens is 2. The van der Waals surface area contributed by atoms with Crippen molar-refractivity contribution in [1.29, 1.82) is 0 Å². The van der Waals surface area contributed by atoms with Crippen LogP contribution >= 0.6 is 22.6 Å². The highest BCUT2D eigenvalue weighted by Crippen LogP contribution is 2.16. The second kappa shape index (κ2) is 7.58. The Morgan fingerprint density at radius 3 is 2.61 bits per heavy atom. The molecule has 1 aliphatic heterocycles. The summed E-state index contributed by atoms with van der Waals surface area (Å²) >= 11 is 2.23. The van der Waals surface area contributed by atoms with Crippen molar-refractivity contribution in [3.63, 3.8) is 0 Å². The molecule has 1 aliphatic rings. The van der Waals surface area contributed by atoms with E-state index in [0.29, 0.717) is 0 Å². The maximum absolute atomic E-state index is 12.1. The molecule has 0 aliphatic carbocycles. The van der Waals surface area contributed by atoms with Gasteiger partial charge in [-0.2, -0.15) is 0 Å². The Kier molecular flexibility index (Phi) is 5.27. The molecule has 1 saturated heterocycles. The summed E-state index contributed by atoms with van der Waals surface area (Å²) in [6, 6.07) is 9.58. The van der Waals surface area contributed by atoms with Crippen molar-refractivity contribution in [3.8, 4) is 0 Å². The summed E-state index contributed by atoms with van der Waals surface area (Å²) in [7, 11) is 0. The van der Waals surface area contributed by atoms with E-state index in [-0.39, 0.29) is 12.1 Å².